The molecule has 0 saturated heterocycles. The highest BCUT2D eigenvalue weighted by Crippen LogP contribution is 2.34. The summed E-state index contributed by atoms with van der Waals surface area (Å²) >= 11 is 0. The molecule has 0 spiro atoms. The quantitative estimate of drug-likeness (QED) is 0.0371. The van der Waals surface area contributed by atoms with Gasteiger partial charge in [-0.25, -0.2) is 4.98 Å². The summed E-state index contributed by atoms with van der Waals surface area (Å²) in [5.41, 5.74) is 4.46. The van der Waals surface area contributed by atoms with Gasteiger partial charge in [-0.2, -0.15) is 74.3 Å². The van der Waals surface area contributed by atoms with E-state index in [0.29, 0.717) is 40.0 Å². The van der Waals surface area contributed by atoms with Crippen LogP contribution in [0.3, 0.4) is 0 Å². The van der Waals surface area contributed by atoms with E-state index in [9.17, 15) is 51.9 Å². The van der Waals surface area contributed by atoms with Crippen molar-refractivity contribution in [3.05, 3.63) is 161 Å². The highest BCUT2D eigenvalue weighted by molar-refractivity contribution is 7.86. The van der Waals surface area contributed by atoms with Crippen molar-refractivity contribution in [3.8, 4) is 0 Å². The van der Waals surface area contributed by atoms with Crippen molar-refractivity contribution < 1.29 is 64.5 Å². The van der Waals surface area contributed by atoms with Crippen LogP contribution in [0, 0.1) is 13.8 Å². The maximum Gasteiger partial charge on any atom is 0.425 e. The SMILES string of the molecule is Cc1cc(Cc2nc(Cc3ccc(N=Nc4ccc(N=Nc5ccccc5S(=O)(=O)O)cc4S(=O)(=O)O)c(C)c3)nc(NCCS(=O)(=O)O)n2)ccc1N=Nc1ccc(N=Nc2cccc(S(=O)(=O)O)c2)cc1.O=S(=O)=O. The number of azo groups is 4. The average molecular weight is 1150 g/mol. The zero-order chi connectivity index (χ0) is 56.1. The van der Waals surface area contributed by atoms with Crippen LogP contribution in [0.5, 0.6) is 0 Å². The summed E-state index contributed by atoms with van der Waals surface area (Å²) in [7, 11) is -21.3. The number of nitrogens with zero attached hydrogens (tertiary/aromatic N) is 11. The van der Waals surface area contributed by atoms with Crippen LogP contribution in [0.25, 0.3) is 0 Å². The molecular weight excluding hydrogens is 1110 g/mol. The smallest absolute Gasteiger partial charge is 0.353 e. The summed E-state index contributed by atoms with van der Waals surface area (Å²) in [4.78, 5) is 12.2. The van der Waals surface area contributed by atoms with Crippen LogP contribution in [0.2, 0.25) is 0 Å². The molecule has 0 amide bonds. The van der Waals surface area contributed by atoms with Gasteiger partial charge in [-0.1, -0.05) is 42.5 Å². The Hall–Kier alpha value is -8.21. The Labute approximate surface area is 440 Å². The number of rotatable bonds is 19. The normalized spacial score (nSPS) is 12.3. The molecule has 0 atom stereocenters. The minimum Gasteiger partial charge on any atom is -0.353 e. The van der Waals surface area contributed by atoms with Gasteiger partial charge >= 0.3 is 10.6 Å². The summed E-state index contributed by atoms with van der Waals surface area (Å²) in [5, 5.41) is 35.6. The van der Waals surface area contributed by atoms with Gasteiger partial charge in [0.15, 0.2) is 0 Å². The van der Waals surface area contributed by atoms with Crippen molar-refractivity contribution in [2.45, 2.75) is 41.4 Å². The summed E-state index contributed by atoms with van der Waals surface area (Å²) in [6.45, 7) is 3.38. The number of nitrogens with one attached hydrogen (secondary N) is 1. The molecule has 0 saturated carbocycles. The first kappa shape index (κ1) is 58.1. The van der Waals surface area contributed by atoms with Crippen LogP contribution in [0.15, 0.2) is 183 Å². The molecule has 0 unspecified atom stereocenters. The highest BCUT2D eigenvalue weighted by Gasteiger charge is 2.19. The fraction of sp³-hybridized carbons (Fsp3) is 0.133. The van der Waals surface area contributed by atoms with Gasteiger partial charge < -0.3 is 5.32 Å². The summed E-state index contributed by atoms with van der Waals surface area (Å²) in [6.07, 6.45) is 0.401. The first-order valence-electron chi connectivity index (χ1n) is 21.6. The van der Waals surface area contributed by atoms with Crippen LogP contribution in [0.4, 0.5) is 51.4 Å². The Morgan fingerprint density at radius 1 is 0.455 bits per heavy atom. The summed E-state index contributed by atoms with van der Waals surface area (Å²) < 4.78 is 157. The summed E-state index contributed by atoms with van der Waals surface area (Å²) in [5.74, 6) is 0.113. The third-order valence-corrected chi connectivity index (χ3v) is 13.4. The lowest BCUT2D eigenvalue weighted by Gasteiger charge is -2.10. The fourth-order valence-electron chi connectivity index (χ4n) is 6.59. The molecule has 77 heavy (non-hydrogen) atoms. The lowest BCUT2D eigenvalue weighted by atomic mass is 10.1. The molecule has 27 nitrogen and oxygen atoms in total. The van der Waals surface area contributed by atoms with Gasteiger partial charge in [0, 0.05) is 19.4 Å². The molecule has 32 heteroatoms. The fourth-order valence-corrected chi connectivity index (χ4v) is 8.74. The molecule has 0 aliphatic carbocycles. The third-order valence-electron chi connectivity index (χ3n) is 10.0. The van der Waals surface area contributed by atoms with E-state index in [1.54, 1.807) is 55.5 Å². The number of hydrogen-bond acceptors (Lipinski definition) is 23. The molecule has 0 fully saturated rings. The van der Waals surface area contributed by atoms with Gasteiger partial charge in [0.05, 0.1) is 44.8 Å². The van der Waals surface area contributed by atoms with Crippen molar-refractivity contribution in [1.82, 2.24) is 15.0 Å². The van der Waals surface area contributed by atoms with Crippen LogP contribution in [0.1, 0.15) is 33.9 Å². The van der Waals surface area contributed by atoms with E-state index >= 15 is 0 Å². The van der Waals surface area contributed by atoms with Crippen LogP contribution >= 0.6 is 0 Å². The van der Waals surface area contributed by atoms with Crippen LogP contribution in [-0.4, -0.2) is 91.8 Å². The Bertz CT molecular complexity index is 4070. The average Bonchev–Trinajstić information content (AvgIpc) is 3.34. The van der Waals surface area contributed by atoms with Gasteiger partial charge in [-0.05, 0) is 121 Å². The number of aromatic nitrogens is 3. The maximum atomic E-state index is 12.4. The van der Waals surface area contributed by atoms with Crippen molar-refractivity contribution in [2.75, 3.05) is 17.6 Å². The number of hydrogen-bond donors (Lipinski definition) is 5. The molecule has 0 radical (unpaired) electrons. The Morgan fingerprint density at radius 3 is 1.43 bits per heavy atom. The van der Waals surface area contributed by atoms with Gasteiger partial charge in [0.2, 0.25) is 5.95 Å². The molecule has 0 aliphatic rings. The van der Waals surface area contributed by atoms with Crippen molar-refractivity contribution in [3.63, 3.8) is 0 Å². The van der Waals surface area contributed by atoms with Crippen LogP contribution in [-0.2, 0) is 63.9 Å². The molecule has 7 aromatic rings. The van der Waals surface area contributed by atoms with Crippen molar-refractivity contribution >= 4 is 103 Å². The number of benzene rings is 6. The Morgan fingerprint density at radius 2 is 0.896 bits per heavy atom. The number of anilines is 1. The van der Waals surface area contributed by atoms with Crippen molar-refractivity contribution in [2.24, 2.45) is 40.9 Å². The molecule has 6 aromatic carbocycles. The minimum atomic E-state index is -4.88. The third kappa shape index (κ3) is 18.3. The first-order chi connectivity index (χ1) is 36.2. The maximum absolute atomic E-state index is 12.4. The zero-order valence-corrected chi connectivity index (χ0v) is 43.8. The van der Waals surface area contributed by atoms with E-state index < -0.39 is 66.6 Å². The van der Waals surface area contributed by atoms with E-state index in [0.717, 1.165) is 28.8 Å². The standard InChI is InChI=1S/C45H40N12O12S4.O3S/c1-28-22-30(10-17-37(28)54-51-33-14-12-32(13-15-33)50-52-34-6-5-7-36(26-34)71(61,62)63)24-43-47-44(49-45(48-43)46-20-21-70(58,59)60)25-31-11-18-38(29(2)23-31)55-57-40-19-16-35(27-42(40)73(67,68)69)53-56-39-8-3-4-9-41(39)72(64,65)66;1-4(2)3/h3-19,22-23,26-27H,20-21,24-25H2,1-2H3,(H,58,59,60)(H,61,62,63)(H,64,65,66)(H,67,68,69)(H,46,47,48,49);. The molecule has 1 aromatic heterocycles. The number of aryl methyl sites for hydroxylation is 2. The van der Waals surface area contributed by atoms with Gasteiger partial charge in [-0.3, -0.25) is 18.2 Å². The molecule has 5 N–H and O–H groups in total. The lowest BCUT2D eigenvalue weighted by molar-refractivity contribution is 0.481. The molecule has 7 rings (SSSR count). The van der Waals surface area contributed by atoms with Gasteiger partial charge in [0.25, 0.3) is 40.5 Å². The Kier molecular flexibility index (Phi) is 18.9. The monoisotopic (exact) mass is 1150 g/mol. The zero-order valence-electron chi connectivity index (χ0n) is 39.7. The molecule has 1 heterocycles. The van der Waals surface area contributed by atoms with Crippen LogP contribution < -0.4 is 5.32 Å². The second-order valence-corrected chi connectivity index (χ2v) is 22.0. The second-order valence-electron chi connectivity index (χ2n) is 15.9. The second kappa shape index (κ2) is 25.1. The lowest BCUT2D eigenvalue weighted by Crippen LogP contribution is -2.17. The molecule has 0 bridgehead atoms. The van der Waals surface area contributed by atoms with E-state index in [2.05, 4.69) is 61.2 Å². The van der Waals surface area contributed by atoms with E-state index in [1.807, 2.05) is 19.1 Å². The van der Waals surface area contributed by atoms with Gasteiger partial charge in [-0.15, -0.1) is 22.9 Å². The predicted octanol–water partition coefficient (Wildman–Crippen LogP) is 9.37. The molecule has 400 valence electrons. The first-order valence-corrected chi connectivity index (χ1v) is 28.5. The van der Waals surface area contributed by atoms with E-state index in [4.69, 9.17) is 12.6 Å². The predicted molar refractivity (Wildman–Crippen MR) is 274 cm³/mol. The highest BCUT2D eigenvalue weighted by atomic mass is 32.2. The topological polar surface area (TPSA) is 418 Å². The minimum absolute atomic E-state index is 0.0665. The van der Waals surface area contributed by atoms with Gasteiger partial charge in [0.1, 0.15) is 32.8 Å². The molecular formula is C45H40N12O15S5. The Balaban J connectivity index is 0.00000232. The largest absolute Gasteiger partial charge is 0.425 e. The van der Waals surface area contributed by atoms with Crippen molar-refractivity contribution in [1.29, 1.82) is 0 Å². The van der Waals surface area contributed by atoms with E-state index in [-0.39, 0.29) is 53.0 Å². The molecule has 0 aliphatic heterocycles. The summed E-state index contributed by atoms with van der Waals surface area (Å²) in [6, 6.07) is 31.3. The van der Waals surface area contributed by atoms with E-state index in [1.165, 1.54) is 54.6 Å².